The van der Waals surface area contributed by atoms with Gasteiger partial charge < -0.3 is 30.9 Å². The van der Waals surface area contributed by atoms with Crippen LogP contribution in [0, 0.1) is 28.1 Å². The molecule has 0 unspecified atom stereocenters. The van der Waals surface area contributed by atoms with Crippen LogP contribution in [-0.4, -0.2) is 84.8 Å². The van der Waals surface area contributed by atoms with Crippen molar-refractivity contribution in [3.05, 3.63) is 25.3 Å². The van der Waals surface area contributed by atoms with Crippen molar-refractivity contribution in [1.82, 2.24) is 26.2 Å². The summed E-state index contributed by atoms with van der Waals surface area (Å²) in [6, 6.07) is -3.68. The zero-order valence-electron chi connectivity index (χ0n) is 26.1. The Morgan fingerprint density at radius 1 is 0.929 bits per heavy atom. The van der Waals surface area contributed by atoms with E-state index >= 15 is 0 Å². The summed E-state index contributed by atoms with van der Waals surface area (Å²) < 4.78 is 5.16. The van der Waals surface area contributed by atoms with E-state index in [1.54, 1.807) is 41.5 Å². The number of Topliss-reactive ketones (excluding diaryl/α,β-unsaturated/α-hetero) is 1. The molecular formula is C30H47N5O7. The van der Waals surface area contributed by atoms with Crippen molar-refractivity contribution in [2.75, 3.05) is 26.2 Å². The van der Waals surface area contributed by atoms with Gasteiger partial charge in [0.2, 0.25) is 17.6 Å². The molecule has 12 nitrogen and oxygen atoms in total. The fourth-order valence-electron chi connectivity index (χ4n) is 5.40. The Balaban J connectivity index is 2.23. The van der Waals surface area contributed by atoms with Gasteiger partial charge in [-0.05, 0) is 28.1 Å². The monoisotopic (exact) mass is 589 g/mol. The van der Waals surface area contributed by atoms with Crippen molar-refractivity contribution in [3.63, 3.8) is 0 Å². The number of esters is 1. The number of ether oxygens (including phenoxy) is 1. The lowest BCUT2D eigenvalue weighted by atomic mass is 9.85. The van der Waals surface area contributed by atoms with Crippen LogP contribution in [0.25, 0.3) is 0 Å². The third-order valence-electron chi connectivity index (χ3n) is 7.95. The number of nitrogens with one attached hydrogen (secondary N) is 4. The van der Waals surface area contributed by atoms with Crippen LogP contribution in [0.4, 0.5) is 4.79 Å². The Kier molecular flexibility index (Phi) is 10.7. The van der Waals surface area contributed by atoms with E-state index in [-0.39, 0.29) is 30.4 Å². The number of carbonyl (C=O) groups excluding carboxylic acids is 6. The van der Waals surface area contributed by atoms with Crippen molar-refractivity contribution in [3.8, 4) is 0 Å². The summed E-state index contributed by atoms with van der Waals surface area (Å²) in [4.78, 5) is 78.8. The van der Waals surface area contributed by atoms with E-state index in [0.29, 0.717) is 6.54 Å². The molecule has 4 N–H and O–H groups in total. The Bertz CT molecular complexity index is 1120. The highest BCUT2D eigenvalue weighted by atomic mass is 16.5. The molecule has 0 aromatic heterocycles. The van der Waals surface area contributed by atoms with Crippen molar-refractivity contribution in [1.29, 1.82) is 0 Å². The van der Waals surface area contributed by atoms with Crippen molar-refractivity contribution >= 4 is 35.5 Å². The molecule has 5 atom stereocenters. The van der Waals surface area contributed by atoms with Gasteiger partial charge in [-0.2, -0.15) is 0 Å². The van der Waals surface area contributed by atoms with Crippen LogP contribution in [0.2, 0.25) is 0 Å². The van der Waals surface area contributed by atoms with Gasteiger partial charge in [-0.1, -0.05) is 74.1 Å². The van der Waals surface area contributed by atoms with E-state index in [4.69, 9.17) is 4.74 Å². The summed E-state index contributed by atoms with van der Waals surface area (Å²) in [5.74, 6) is -3.39. The van der Waals surface area contributed by atoms with Gasteiger partial charge in [0, 0.05) is 13.1 Å². The maximum Gasteiger partial charge on any atom is 0.329 e. The number of rotatable bonds is 12. The average molecular weight is 590 g/mol. The zero-order chi connectivity index (χ0) is 32.2. The van der Waals surface area contributed by atoms with E-state index in [1.165, 1.54) is 17.1 Å². The van der Waals surface area contributed by atoms with Crippen LogP contribution in [0.3, 0.4) is 0 Å². The summed E-state index contributed by atoms with van der Waals surface area (Å²) in [6.45, 7) is 21.6. The first-order valence-corrected chi connectivity index (χ1v) is 14.1. The maximum atomic E-state index is 14.0. The predicted molar refractivity (Wildman–Crippen MR) is 157 cm³/mol. The molecule has 2 rings (SSSR count). The number of ketones is 1. The highest BCUT2D eigenvalue weighted by Crippen LogP contribution is 2.65. The lowest BCUT2D eigenvalue weighted by Gasteiger charge is -2.38. The summed E-state index contributed by atoms with van der Waals surface area (Å²) in [5.41, 5.74) is -1.66. The maximum absolute atomic E-state index is 14.0. The molecule has 1 heterocycles. The van der Waals surface area contributed by atoms with Gasteiger partial charge in [-0.15, -0.1) is 6.58 Å². The molecule has 234 valence electrons. The van der Waals surface area contributed by atoms with Gasteiger partial charge in [0.1, 0.15) is 24.7 Å². The second-order valence-electron chi connectivity index (χ2n) is 13.7. The molecule has 0 bridgehead atoms. The Morgan fingerprint density at radius 3 is 2.02 bits per heavy atom. The van der Waals surface area contributed by atoms with Gasteiger partial charge in [0.25, 0.3) is 5.91 Å². The molecular weight excluding hydrogens is 542 g/mol. The van der Waals surface area contributed by atoms with Gasteiger partial charge in [-0.3, -0.25) is 19.2 Å². The number of urea groups is 1. The van der Waals surface area contributed by atoms with Gasteiger partial charge >= 0.3 is 12.0 Å². The summed E-state index contributed by atoms with van der Waals surface area (Å²) in [7, 11) is 0. The number of piperidine rings is 1. The van der Waals surface area contributed by atoms with Crippen LogP contribution < -0.4 is 21.3 Å². The molecule has 1 aliphatic heterocycles. The first kappa shape index (κ1) is 34.5. The molecule has 0 radical (unpaired) electrons. The van der Waals surface area contributed by atoms with Crippen LogP contribution in [-0.2, 0) is 28.7 Å². The molecule has 0 aromatic carbocycles. The second-order valence-corrected chi connectivity index (χ2v) is 13.7. The quantitative estimate of drug-likeness (QED) is 0.152. The first-order chi connectivity index (χ1) is 19.3. The molecule has 0 aromatic rings. The Morgan fingerprint density at radius 2 is 1.50 bits per heavy atom. The highest BCUT2D eigenvalue weighted by molar-refractivity contribution is 6.37. The molecule has 2 fully saturated rings. The number of likely N-dealkylation sites (tertiary alicyclic amines) is 1. The Hall–Kier alpha value is -3.70. The van der Waals surface area contributed by atoms with Gasteiger partial charge in [0.05, 0.1) is 6.54 Å². The summed E-state index contributed by atoms with van der Waals surface area (Å²) >= 11 is 0. The van der Waals surface area contributed by atoms with Gasteiger partial charge in [0.15, 0.2) is 0 Å². The summed E-state index contributed by atoms with van der Waals surface area (Å²) in [6.07, 6.45) is 2.85. The van der Waals surface area contributed by atoms with Crippen LogP contribution in [0.5, 0.6) is 0 Å². The molecule has 1 saturated heterocycles. The smallest absolute Gasteiger partial charge is 0.329 e. The van der Waals surface area contributed by atoms with E-state index in [1.807, 2.05) is 13.8 Å². The van der Waals surface area contributed by atoms with E-state index in [2.05, 4.69) is 34.4 Å². The molecule has 2 aliphatic rings. The SMILES string of the molecule is C=CCNC(=O)C(=O)CNC(=O)[C@@H]1[C@@H]2[C@H](CN1C(=O)[C@@H](NC(=O)N[C@H](C(=O)OCC=C)C(C)(C)C)C(C)(C)C)C2(C)C. The van der Waals surface area contributed by atoms with E-state index < -0.39 is 71.0 Å². The van der Waals surface area contributed by atoms with E-state index in [0.717, 1.165) is 0 Å². The zero-order valence-corrected chi connectivity index (χ0v) is 26.1. The predicted octanol–water partition coefficient (Wildman–Crippen LogP) is 1.31. The standard InChI is InChI=1S/C30H47N5O7/c1-11-13-31-23(37)18(36)15-32-24(38)20-19-17(30(19,9)10)16-35(20)25(39)21(28(3,4)5)33-27(41)34-22(29(6,7)8)26(40)42-14-12-2/h11-12,17,19-22H,1-2,13-16H2,3-10H3,(H,31,37)(H,32,38)(H2,33,34,41)/t17-,19-,20-,21+,22+/m0/s1. The number of carbonyl (C=O) groups is 6. The number of amides is 5. The molecule has 1 aliphatic carbocycles. The third kappa shape index (κ3) is 7.98. The number of fused-ring (bicyclic) bond motifs is 1. The number of hydrogen-bond donors (Lipinski definition) is 4. The van der Waals surface area contributed by atoms with Gasteiger partial charge in [-0.25, -0.2) is 9.59 Å². The molecule has 0 spiro atoms. The van der Waals surface area contributed by atoms with Crippen molar-refractivity contribution in [2.24, 2.45) is 28.1 Å². The van der Waals surface area contributed by atoms with E-state index in [9.17, 15) is 28.8 Å². The van der Waals surface area contributed by atoms with Crippen LogP contribution in [0.1, 0.15) is 55.4 Å². The minimum Gasteiger partial charge on any atom is -0.460 e. The first-order valence-electron chi connectivity index (χ1n) is 14.1. The fourth-order valence-corrected chi connectivity index (χ4v) is 5.40. The normalized spacial score (nSPS) is 22.0. The fraction of sp³-hybridized carbons (Fsp3) is 0.667. The number of nitrogens with zero attached hydrogens (tertiary/aromatic N) is 1. The topological polar surface area (TPSA) is 163 Å². The number of hydrogen-bond acceptors (Lipinski definition) is 7. The second kappa shape index (κ2) is 13.1. The molecule has 12 heteroatoms. The Labute approximate surface area is 248 Å². The minimum atomic E-state index is -1.05. The summed E-state index contributed by atoms with van der Waals surface area (Å²) in [5, 5.41) is 10.3. The van der Waals surface area contributed by atoms with Crippen LogP contribution >= 0.6 is 0 Å². The highest BCUT2D eigenvalue weighted by Gasteiger charge is 2.69. The molecule has 5 amide bonds. The largest absolute Gasteiger partial charge is 0.460 e. The lowest BCUT2D eigenvalue weighted by molar-refractivity contribution is -0.147. The molecule has 1 saturated carbocycles. The average Bonchev–Trinajstić information content (AvgIpc) is 3.21. The third-order valence-corrected chi connectivity index (χ3v) is 7.95. The molecule has 42 heavy (non-hydrogen) atoms. The van der Waals surface area contributed by atoms with Crippen molar-refractivity contribution in [2.45, 2.75) is 73.5 Å². The van der Waals surface area contributed by atoms with Crippen molar-refractivity contribution < 1.29 is 33.5 Å². The lowest BCUT2D eigenvalue weighted by Crippen LogP contribution is -2.62. The minimum absolute atomic E-state index is 0.0139. The van der Waals surface area contributed by atoms with Crippen LogP contribution in [0.15, 0.2) is 25.3 Å².